The number of carbonyl (C=O) groups is 1. The summed E-state index contributed by atoms with van der Waals surface area (Å²) >= 11 is 5.38. The van der Waals surface area contributed by atoms with E-state index in [-0.39, 0.29) is 35.6 Å². The number of anilines is 1. The second-order valence-corrected chi connectivity index (χ2v) is 11.9. The fourth-order valence-corrected chi connectivity index (χ4v) is 5.87. The van der Waals surface area contributed by atoms with Gasteiger partial charge in [-0.05, 0) is 24.6 Å². The summed E-state index contributed by atoms with van der Waals surface area (Å²) in [5.41, 5.74) is -0.435. The molecule has 0 aromatic heterocycles. The molecule has 0 aliphatic carbocycles. The minimum Gasteiger partial charge on any atom is -0.507 e. The number of sulfone groups is 1. The number of phenolic OH excluding ortho intramolecular Hbond substituents is 1. The van der Waals surface area contributed by atoms with Crippen LogP contribution in [-0.2, 0) is 34.9 Å². The number of alkyl halides is 1. The van der Waals surface area contributed by atoms with E-state index in [1.165, 1.54) is 0 Å². The molecule has 0 saturated heterocycles. The van der Waals surface area contributed by atoms with E-state index >= 15 is 0 Å². The first-order valence-corrected chi connectivity index (χ1v) is 13.7. The SMILES string of the molecule is O=C(CCCS(=O)(=O)CCCl)Nc1ccc2c(O)cc(S(=O)(=O)O)cc2c1S(=O)(=O)O. The van der Waals surface area contributed by atoms with Crippen molar-refractivity contribution < 1.29 is 44.3 Å². The van der Waals surface area contributed by atoms with E-state index in [9.17, 15) is 44.3 Å². The highest BCUT2D eigenvalue weighted by atomic mass is 35.5. The van der Waals surface area contributed by atoms with Crippen LogP contribution in [0.5, 0.6) is 5.75 Å². The third kappa shape index (κ3) is 6.51. The fraction of sp³-hybridized carbons (Fsp3) is 0.312. The average molecular weight is 516 g/mol. The molecule has 2 aromatic rings. The van der Waals surface area contributed by atoms with E-state index in [1.807, 2.05) is 0 Å². The van der Waals surface area contributed by atoms with Gasteiger partial charge in [0, 0.05) is 29.1 Å². The van der Waals surface area contributed by atoms with Crippen LogP contribution in [0.15, 0.2) is 34.1 Å². The van der Waals surface area contributed by atoms with E-state index in [4.69, 9.17) is 11.6 Å². The zero-order chi connectivity index (χ0) is 23.6. The van der Waals surface area contributed by atoms with Gasteiger partial charge in [-0.1, -0.05) is 0 Å². The van der Waals surface area contributed by atoms with Gasteiger partial charge in [0.2, 0.25) is 5.91 Å². The molecule has 0 aliphatic heterocycles. The van der Waals surface area contributed by atoms with Crippen LogP contribution in [0.3, 0.4) is 0 Å². The van der Waals surface area contributed by atoms with E-state index < -0.39 is 62.6 Å². The number of nitrogens with one attached hydrogen (secondary N) is 1. The third-order valence-electron chi connectivity index (χ3n) is 4.11. The lowest BCUT2D eigenvalue weighted by molar-refractivity contribution is -0.116. The van der Waals surface area contributed by atoms with Crippen LogP contribution in [0.2, 0.25) is 0 Å². The number of aromatic hydroxyl groups is 1. The number of halogens is 1. The molecule has 15 heteroatoms. The predicted octanol–water partition coefficient (Wildman–Crippen LogP) is 1.41. The van der Waals surface area contributed by atoms with Crippen molar-refractivity contribution >= 4 is 64.0 Å². The molecule has 11 nitrogen and oxygen atoms in total. The topological polar surface area (TPSA) is 192 Å². The number of benzene rings is 2. The zero-order valence-electron chi connectivity index (χ0n) is 15.6. The molecule has 0 unspecified atom stereocenters. The molecule has 31 heavy (non-hydrogen) atoms. The van der Waals surface area contributed by atoms with Crippen LogP contribution in [0.25, 0.3) is 10.8 Å². The molecule has 0 fully saturated rings. The van der Waals surface area contributed by atoms with Gasteiger partial charge in [-0.15, -0.1) is 11.6 Å². The van der Waals surface area contributed by atoms with Gasteiger partial charge in [-0.2, -0.15) is 16.8 Å². The van der Waals surface area contributed by atoms with Crippen molar-refractivity contribution in [3.05, 3.63) is 24.3 Å². The van der Waals surface area contributed by atoms with E-state index in [1.54, 1.807) is 0 Å². The molecule has 4 N–H and O–H groups in total. The Morgan fingerprint density at radius 3 is 2.13 bits per heavy atom. The zero-order valence-corrected chi connectivity index (χ0v) is 18.9. The standard InChI is InChI=1S/C16H18ClNO10S3/c17-5-7-29(21,22)6-1-2-15(20)18-13-4-3-11-12(16(13)31(26,27)28)8-10(9-14(11)19)30(23,24)25/h3-4,8-9,19H,1-2,5-7H2,(H,18,20)(H,23,24,25)(H,26,27,28). The highest BCUT2D eigenvalue weighted by Crippen LogP contribution is 2.37. The average Bonchev–Trinajstić information content (AvgIpc) is 2.59. The molecular weight excluding hydrogens is 498 g/mol. The largest absolute Gasteiger partial charge is 0.507 e. The molecular formula is C16H18ClNO10S3. The Morgan fingerprint density at radius 2 is 1.58 bits per heavy atom. The molecule has 1 amide bonds. The van der Waals surface area contributed by atoms with Crippen LogP contribution in [0.4, 0.5) is 5.69 Å². The molecule has 172 valence electrons. The van der Waals surface area contributed by atoms with Crippen LogP contribution >= 0.6 is 11.6 Å². The van der Waals surface area contributed by atoms with Crippen molar-refractivity contribution in [2.45, 2.75) is 22.6 Å². The summed E-state index contributed by atoms with van der Waals surface area (Å²) in [6, 6.07) is 3.61. The number of hydrogen-bond donors (Lipinski definition) is 4. The van der Waals surface area contributed by atoms with Gasteiger partial charge in [0.15, 0.2) is 9.84 Å². The van der Waals surface area contributed by atoms with Gasteiger partial charge in [0.05, 0.1) is 22.1 Å². The molecule has 0 aliphatic rings. The van der Waals surface area contributed by atoms with Gasteiger partial charge in [-0.25, -0.2) is 8.42 Å². The number of hydrogen-bond acceptors (Lipinski definition) is 8. The Kier molecular flexibility index (Phi) is 7.55. The first-order valence-electron chi connectivity index (χ1n) is 8.46. The molecule has 2 rings (SSSR count). The first-order chi connectivity index (χ1) is 14.2. The molecule has 0 radical (unpaired) electrons. The Labute approximate surface area is 183 Å². The Hall–Kier alpha value is -1.97. The first kappa shape index (κ1) is 25.3. The lowest BCUT2D eigenvalue weighted by Gasteiger charge is -2.14. The molecule has 0 saturated carbocycles. The monoisotopic (exact) mass is 515 g/mol. The lowest BCUT2D eigenvalue weighted by Crippen LogP contribution is -2.17. The normalized spacial score (nSPS) is 12.7. The van der Waals surface area contributed by atoms with Gasteiger partial charge < -0.3 is 10.4 Å². The molecule has 2 aromatic carbocycles. The molecule has 0 bridgehead atoms. The quantitative estimate of drug-likeness (QED) is 0.280. The Balaban J connectivity index is 2.45. The van der Waals surface area contributed by atoms with Crippen molar-refractivity contribution in [2.75, 3.05) is 22.7 Å². The minimum atomic E-state index is -5.05. The summed E-state index contributed by atoms with van der Waals surface area (Å²) in [6.45, 7) is 0. The lowest BCUT2D eigenvalue weighted by atomic mass is 10.1. The Bertz CT molecular complexity index is 1340. The third-order valence-corrected chi connectivity index (χ3v) is 8.05. The minimum absolute atomic E-state index is 0.0759. The van der Waals surface area contributed by atoms with Gasteiger partial charge in [-0.3, -0.25) is 13.9 Å². The van der Waals surface area contributed by atoms with Gasteiger partial charge >= 0.3 is 0 Å². The second kappa shape index (κ2) is 9.26. The molecule has 0 heterocycles. The number of amides is 1. The number of carbonyl (C=O) groups excluding carboxylic acids is 1. The summed E-state index contributed by atoms with van der Waals surface area (Å²) in [4.78, 5) is 10.4. The number of rotatable bonds is 9. The predicted molar refractivity (Wildman–Crippen MR) is 112 cm³/mol. The second-order valence-electron chi connectivity index (χ2n) is 6.42. The van der Waals surface area contributed by atoms with Crippen molar-refractivity contribution in [3.63, 3.8) is 0 Å². The van der Waals surface area contributed by atoms with E-state index in [0.717, 1.165) is 12.1 Å². The maximum Gasteiger partial charge on any atom is 0.297 e. The molecule has 0 atom stereocenters. The van der Waals surface area contributed by atoms with Crippen LogP contribution in [0, 0.1) is 0 Å². The van der Waals surface area contributed by atoms with E-state index in [2.05, 4.69) is 5.32 Å². The summed E-state index contributed by atoms with van der Waals surface area (Å²) in [5.74, 6) is -2.14. The fourth-order valence-electron chi connectivity index (χ4n) is 2.77. The van der Waals surface area contributed by atoms with E-state index in [0.29, 0.717) is 12.1 Å². The van der Waals surface area contributed by atoms with Crippen molar-refractivity contribution in [2.24, 2.45) is 0 Å². The van der Waals surface area contributed by atoms with Gasteiger partial charge in [0.25, 0.3) is 20.2 Å². The summed E-state index contributed by atoms with van der Waals surface area (Å²) in [5, 5.41) is 11.6. The van der Waals surface area contributed by atoms with Crippen LogP contribution in [-0.4, -0.2) is 62.8 Å². The smallest absolute Gasteiger partial charge is 0.297 e. The van der Waals surface area contributed by atoms with Crippen molar-refractivity contribution in [1.29, 1.82) is 0 Å². The Morgan fingerprint density at radius 1 is 0.935 bits per heavy atom. The maximum absolute atomic E-state index is 12.2. The number of fused-ring (bicyclic) bond motifs is 1. The van der Waals surface area contributed by atoms with Crippen LogP contribution in [0.1, 0.15) is 12.8 Å². The van der Waals surface area contributed by atoms with Crippen LogP contribution < -0.4 is 5.32 Å². The summed E-state index contributed by atoms with van der Waals surface area (Å²) in [7, 11) is -13.3. The maximum atomic E-state index is 12.2. The van der Waals surface area contributed by atoms with Gasteiger partial charge in [0.1, 0.15) is 10.6 Å². The highest BCUT2D eigenvalue weighted by molar-refractivity contribution is 7.91. The van der Waals surface area contributed by atoms with Crippen molar-refractivity contribution in [1.82, 2.24) is 0 Å². The number of phenols is 1. The highest BCUT2D eigenvalue weighted by Gasteiger charge is 2.24. The molecule has 0 spiro atoms. The van der Waals surface area contributed by atoms with Crippen molar-refractivity contribution in [3.8, 4) is 5.75 Å². The summed E-state index contributed by atoms with van der Waals surface area (Å²) < 4.78 is 88.8. The summed E-state index contributed by atoms with van der Waals surface area (Å²) in [6.07, 6.45) is -0.381.